The molecule has 4 aromatic heterocycles. The Bertz CT molecular complexity index is 4900. The predicted octanol–water partition coefficient (Wildman–Crippen LogP) is 15.4. The van der Waals surface area contributed by atoms with Gasteiger partial charge in [-0.15, -0.1) is 0 Å². The van der Waals surface area contributed by atoms with Gasteiger partial charge in [0, 0.05) is 82.5 Å². The topological polar surface area (TPSA) is 44.1 Å². The standard InChI is InChI=1S/C71H50N6/c1-71(45-59(46-21-7-2-8-22-46)72-70(73-71)47-23-9-3-10-24-47)48-35-39-62-57(43-48)66-65(42-38-55-53-31-17-19-33-60(53)76(68(55)66)50-27-13-5-14-28-50)75(62)52-36-40-63-58(44-52)67-64(74(63)49-25-11-4-12-26-49)41-37-56-54-32-18-20-34-61(54)77(69(56)67)51-29-15-6-16-30-51/h2-34,36-45,48H,35H2,1H3,(H,72,73). The second-order valence-corrected chi connectivity index (χ2v) is 20.9. The highest BCUT2D eigenvalue weighted by atomic mass is 15.1. The number of nitrogens with zero attached hydrogens (tertiary/aromatic N) is 5. The Morgan fingerprint density at radius 3 is 1.49 bits per heavy atom. The molecule has 5 heterocycles. The van der Waals surface area contributed by atoms with Crippen LogP contribution in [0.2, 0.25) is 0 Å². The van der Waals surface area contributed by atoms with Crippen molar-refractivity contribution in [2.24, 2.45) is 10.9 Å². The van der Waals surface area contributed by atoms with E-state index < -0.39 is 5.54 Å². The number of benzene rings is 10. The number of aliphatic imine (C=N–C) groups is 1. The molecule has 0 amide bonds. The summed E-state index contributed by atoms with van der Waals surface area (Å²) in [4.78, 5) is 5.31. The molecule has 2 atom stereocenters. The van der Waals surface area contributed by atoms with Crippen LogP contribution in [0.3, 0.4) is 0 Å². The van der Waals surface area contributed by atoms with Gasteiger partial charge in [0.1, 0.15) is 5.84 Å². The Balaban J connectivity index is 1.01. The summed E-state index contributed by atoms with van der Waals surface area (Å²) in [6.07, 6.45) is 8.28. The van der Waals surface area contributed by atoms with E-state index >= 15 is 0 Å². The zero-order chi connectivity index (χ0) is 50.8. The second-order valence-electron chi connectivity index (χ2n) is 20.9. The molecule has 10 aromatic carbocycles. The quantitative estimate of drug-likeness (QED) is 0.170. The average Bonchev–Trinajstić information content (AvgIpc) is 4.38. The number of amidine groups is 1. The maximum absolute atomic E-state index is 5.31. The summed E-state index contributed by atoms with van der Waals surface area (Å²) >= 11 is 0. The monoisotopic (exact) mass is 986 g/mol. The number of aromatic nitrogens is 4. The van der Waals surface area contributed by atoms with E-state index in [1.165, 1.54) is 81.4 Å². The van der Waals surface area contributed by atoms with Crippen molar-refractivity contribution in [3.63, 3.8) is 0 Å². The van der Waals surface area contributed by atoms with Gasteiger partial charge in [0.15, 0.2) is 0 Å². The molecule has 364 valence electrons. The maximum Gasteiger partial charge on any atom is 0.134 e. The molecular formula is C71H50N6. The fourth-order valence-electron chi connectivity index (χ4n) is 13.1. The highest BCUT2D eigenvalue weighted by Crippen LogP contribution is 2.44. The number of fused-ring (bicyclic) bond motifs is 14. The van der Waals surface area contributed by atoms with Gasteiger partial charge in [0.05, 0.1) is 49.9 Å². The van der Waals surface area contributed by atoms with Crippen LogP contribution in [-0.4, -0.2) is 29.6 Å². The van der Waals surface area contributed by atoms with Gasteiger partial charge in [-0.2, -0.15) is 0 Å². The van der Waals surface area contributed by atoms with Crippen molar-refractivity contribution in [1.82, 2.24) is 23.6 Å². The van der Waals surface area contributed by atoms with E-state index in [2.05, 4.69) is 291 Å². The fraction of sp³-hybridized carbons (Fsp3) is 0.0563. The summed E-state index contributed by atoms with van der Waals surface area (Å²) in [6, 6.07) is 88.2. The SMILES string of the molecule is CC1(C2C=c3c(n(-c4ccc5c(c4)c4c(ccc6c7ccccc7n(-c7ccccc7)c64)n5-c4ccccc4)c4ccc5c6ccccc6n(-c6ccccc6)c5c34)=CC2)C=C(c2ccccc2)N=C(c2ccccc2)N1. The van der Waals surface area contributed by atoms with Crippen molar-refractivity contribution in [1.29, 1.82) is 0 Å². The van der Waals surface area contributed by atoms with Crippen LogP contribution in [0, 0.1) is 5.92 Å². The molecule has 0 bridgehead atoms. The van der Waals surface area contributed by atoms with Gasteiger partial charge in [0.2, 0.25) is 0 Å². The predicted molar refractivity (Wildman–Crippen MR) is 322 cm³/mol. The Labute approximate surface area is 444 Å². The summed E-state index contributed by atoms with van der Waals surface area (Å²) < 4.78 is 9.99. The van der Waals surface area contributed by atoms with Gasteiger partial charge in [-0.1, -0.05) is 176 Å². The normalized spacial score (nSPS) is 16.5. The largest absolute Gasteiger partial charge is 0.360 e. The van der Waals surface area contributed by atoms with Crippen molar-refractivity contribution >= 4 is 100 Å². The smallest absolute Gasteiger partial charge is 0.134 e. The number of rotatable bonds is 7. The average molecular weight is 987 g/mol. The Kier molecular flexibility index (Phi) is 9.49. The third kappa shape index (κ3) is 6.52. The first-order valence-corrected chi connectivity index (χ1v) is 26.7. The molecule has 6 heteroatoms. The van der Waals surface area contributed by atoms with E-state index in [-0.39, 0.29) is 5.92 Å². The van der Waals surface area contributed by atoms with E-state index in [1.54, 1.807) is 0 Å². The highest BCUT2D eigenvalue weighted by Gasteiger charge is 2.37. The van der Waals surface area contributed by atoms with E-state index in [4.69, 9.17) is 4.99 Å². The lowest BCUT2D eigenvalue weighted by molar-refractivity contribution is 0.409. The molecule has 2 aliphatic rings. The highest BCUT2D eigenvalue weighted by molar-refractivity contribution is 6.26. The first-order valence-electron chi connectivity index (χ1n) is 26.7. The van der Waals surface area contributed by atoms with E-state index in [9.17, 15) is 0 Å². The minimum atomic E-state index is -0.499. The fourth-order valence-corrected chi connectivity index (χ4v) is 13.1. The van der Waals surface area contributed by atoms with E-state index in [0.29, 0.717) is 0 Å². The molecule has 0 spiro atoms. The summed E-state index contributed by atoms with van der Waals surface area (Å²) in [6.45, 7) is 2.36. The minimum Gasteiger partial charge on any atom is -0.360 e. The number of hydrogen-bond acceptors (Lipinski definition) is 2. The molecule has 1 aliphatic carbocycles. The van der Waals surface area contributed by atoms with Gasteiger partial charge in [-0.05, 0) is 104 Å². The molecule has 0 saturated heterocycles. The lowest BCUT2D eigenvalue weighted by atomic mass is 9.78. The molecule has 0 fully saturated rings. The first kappa shape index (κ1) is 43.5. The molecule has 1 N–H and O–H groups in total. The summed E-state index contributed by atoms with van der Waals surface area (Å²) in [5.41, 5.74) is 15.5. The molecule has 1 aliphatic heterocycles. The lowest BCUT2D eigenvalue weighted by Gasteiger charge is -2.39. The molecule has 77 heavy (non-hydrogen) atoms. The summed E-state index contributed by atoms with van der Waals surface area (Å²) in [7, 11) is 0. The maximum atomic E-state index is 5.31. The lowest BCUT2D eigenvalue weighted by Crippen LogP contribution is -2.53. The van der Waals surface area contributed by atoms with E-state index in [0.717, 1.165) is 57.3 Å². The van der Waals surface area contributed by atoms with Gasteiger partial charge in [-0.25, -0.2) is 4.99 Å². The second kappa shape index (κ2) is 16.8. The number of nitrogens with one attached hydrogen (secondary N) is 1. The molecule has 6 nitrogen and oxygen atoms in total. The van der Waals surface area contributed by atoms with Crippen LogP contribution in [0.15, 0.2) is 254 Å². The molecule has 14 aromatic rings. The van der Waals surface area contributed by atoms with Crippen LogP contribution in [-0.2, 0) is 0 Å². The van der Waals surface area contributed by atoms with Crippen molar-refractivity contribution in [2.45, 2.75) is 18.9 Å². The van der Waals surface area contributed by atoms with E-state index in [1.807, 2.05) is 0 Å². The van der Waals surface area contributed by atoms with Gasteiger partial charge < -0.3 is 23.6 Å². The van der Waals surface area contributed by atoms with Crippen LogP contribution >= 0.6 is 0 Å². The van der Waals surface area contributed by atoms with Crippen molar-refractivity contribution in [3.8, 4) is 22.7 Å². The van der Waals surface area contributed by atoms with Crippen LogP contribution in [0.5, 0.6) is 0 Å². The van der Waals surface area contributed by atoms with Gasteiger partial charge in [-0.3, -0.25) is 0 Å². The molecular weight excluding hydrogens is 937 g/mol. The number of para-hydroxylation sites is 5. The van der Waals surface area contributed by atoms with Gasteiger partial charge >= 0.3 is 0 Å². The minimum absolute atomic E-state index is 0.0614. The van der Waals surface area contributed by atoms with Crippen LogP contribution in [0.4, 0.5) is 0 Å². The summed E-state index contributed by atoms with van der Waals surface area (Å²) in [5, 5.41) is 15.1. The Hall–Kier alpha value is -9.91. The van der Waals surface area contributed by atoms with Crippen LogP contribution in [0.25, 0.3) is 117 Å². The molecule has 0 radical (unpaired) electrons. The molecule has 0 saturated carbocycles. The van der Waals surface area contributed by atoms with Gasteiger partial charge in [0.25, 0.3) is 0 Å². The first-order chi connectivity index (χ1) is 38.1. The van der Waals surface area contributed by atoms with Crippen molar-refractivity contribution < 1.29 is 0 Å². The molecule has 16 rings (SSSR count). The van der Waals surface area contributed by atoms with Crippen molar-refractivity contribution in [2.75, 3.05) is 0 Å². The Morgan fingerprint density at radius 1 is 0.416 bits per heavy atom. The zero-order valence-corrected chi connectivity index (χ0v) is 42.3. The summed E-state index contributed by atoms with van der Waals surface area (Å²) in [5.74, 6) is 0.942. The molecule has 2 unspecified atom stereocenters. The zero-order valence-electron chi connectivity index (χ0n) is 42.3. The third-order valence-electron chi connectivity index (χ3n) is 16.6. The Morgan fingerprint density at radius 2 is 0.896 bits per heavy atom. The van der Waals surface area contributed by atoms with Crippen LogP contribution in [0.1, 0.15) is 24.5 Å². The number of hydrogen-bond donors (Lipinski definition) is 1. The van der Waals surface area contributed by atoms with Crippen LogP contribution < -0.4 is 15.9 Å². The third-order valence-corrected chi connectivity index (χ3v) is 16.6. The van der Waals surface area contributed by atoms with Crippen molar-refractivity contribution in [3.05, 3.63) is 270 Å².